The smallest absolute Gasteiger partial charge is 0.158 e. The number of fused-ring (bicyclic) bond motifs is 1. The molecule has 0 N–H and O–H groups in total. The van der Waals surface area contributed by atoms with Crippen LogP contribution in [0.5, 0.6) is 0 Å². The number of hydrogen-bond acceptors (Lipinski definition) is 3. The highest BCUT2D eigenvalue weighted by Gasteiger charge is 2.27. The van der Waals surface area contributed by atoms with Crippen molar-refractivity contribution >= 4 is 10.8 Å². The molecule has 0 aliphatic rings. The summed E-state index contributed by atoms with van der Waals surface area (Å²) in [6, 6.07) is 14.5. The van der Waals surface area contributed by atoms with Crippen LogP contribution in [0.4, 0.5) is 0 Å². The molecular weight excluding hydrogens is 324 g/mol. The van der Waals surface area contributed by atoms with Crippen LogP contribution in [0.25, 0.3) is 10.8 Å². The molecule has 0 aromatic heterocycles. The molecule has 2 rings (SSSR count). The van der Waals surface area contributed by atoms with Crippen molar-refractivity contribution in [1.29, 1.82) is 0 Å². The molecule has 140 valence electrons. The number of ether oxygens (including phenoxy) is 1. The molecule has 1 unspecified atom stereocenters. The Morgan fingerprint density at radius 2 is 1.50 bits per heavy atom. The first-order valence-electron chi connectivity index (χ1n) is 9.06. The zero-order valence-corrected chi connectivity index (χ0v) is 17.0. The van der Waals surface area contributed by atoms with Crippen LogP contribution in [-0.2, 0) is 20.1 Å². The molecule has 0 aliphatic carbocycles. The fourth-order valence-electron chi connectivity index (χ4n) is 2.29. The molecule has 1 atom stereocenters. The third-order valence-corrected chi connectivity index (χ3v) is 4.64. The standard InChI is InChI=1S/C23H30O3/c1-8-21(2,3)25-26-22(4,5)15-16-23(6,24-7)20-14-13-18-11-9-10-12-19(18)17-20/h9-14,17H,8H2,1-7H3. The van der Waals surface area contributed by atoms with E-state index in [-0.39, 0.29) is 5.60 Å². The Kier molecular flexibility index (Phi) is 6.13. The third-order valence-electron chi connectivity index (χ3n) is 4.64. The van der Waals surface area contributed by atoms with Crippen LogP contribution in [0, 0.1) is 11.8 Å². The van der Waals surface area contributed by atoms with Gasteiger partial charge in [0.1, 0.15) is 0 Å². The van der Waals surface area contributed by atoms with E-state index >= 15 is 0 Å². The highest BCUT2D eigenvalue weighted by Crippen LogP contribution is 2.28. The van der Waals surface area contributed by atoms with E-state index in [4.69, 9.17) is 14.5 Å². The Bertz CT molecular complexity index is 811. The van der Waals surface area contributed by atoms with Gasteiger partial charge >= 0.3 is 0 Å². The van der Waals surface area contributed by atoms with E-state index in [1.165, 1.54) is 10.8 Å². The molecule has 3 nitrogen and oxygen atoms in total. The van der Waals surface area contributed by atoms with Gasteiger partial charge in [0, 0.05) is 7.11 Å². The van der Waals surface area contributed by atoms with Crippen LogP contribution in [0.2, 0.25) is 0 Å². The molecule has 0 spiro atoms. The van der Waals surface area contributed by atoms with Gasteiger partial charge in [0.15, 0.2) is 11.2 Å². The largest absolute Gasteiger partial charge is 0.362 e. The summed E-state index contributed by atoms with van der Waals surface area (Å²) in [6.07, 6.45) is 0.851. The number of hydrogen-bond donors (Lipinski definition) is 0. The van der Waals surface area contributed by atoms with Crippen LogP contribution in [-0.4, -0.2) is 18.3 Å². The molecule has 0 bridgehead atoms. The fraction of sp³-hybridized carbons (Fsp3) is 0.478. The molecule has 0 amide bonds. The van der Waals surface area contributed by atoms with Gasteiger partial charge in [0.2, 0.25) is 0 Å². The Morgan fingerprint density at radius 1 is 0.846 bits per heavy atom. The van der Waals surface area contributed by atoms with Crippen molar-refractivity contribution < 1.29 is 14.5 Å². The molecule has 0 radical (unpaired) electrons. The second-order valence-corrected chi connectivity index (χ2v) is 7.84. The van der Waals surface area contributed by atoms with Gasteiger partial charge in [-0.2, -0.15) is 0 Å². The molecular formula is C23H30O3. The topological polar surface area (TPSA) is 27.7 Å². The monoisotopic (exact) mass is 354 g/mol. The summed E-state index contributed by atoms with van der Waals surface area (Å²) >= 11 is 0. The van der Waals surface area contributed by atoms with Gasteiger partial charge in [-0.25, -0.2) is 9.78 Å². The molecule has 0 saturated heterocycles. The van der Waals surface area contributed by atoms with E-state index in [0.717, 1.165) is 12.0 Å². The molecule has 2 aromatic rings. The van der Waals surface area contributed by atoms with Crippen LogP contribution in [0.15, 0.2) is 42.5 Å². The quantitative estimate of drug-likeness (QED) is 0.383. The first-order valence-corrected chi connectivity index (χ1v) is 9.06. The van der Waals surface area contributed by atoms with Crippen LogP contribution in [0.3, 0.4) is 0 Å². The van der Waals surface area contributed by atoms with Gasteiger partial charge in [-0.1, -0.05) is 55.2 Å². The predicted molar refractivity (Wildman–Crippen MR) is 107 cm³/mol. The van der Waals surface area contributed by atoms with Gasteiger partial charge in [0.25, 0.3) is 0 Å². The maximum absolute atomic E-state index is 5.76. The Labute approximate surface area is 157 Å². The maximum Gasteiger partial charge on any atom is 0.158 e. The molecule has 0 aliphatic heterocycles. The minimum absolute atomic E-state index is 0.345. The van der Waals surface area contributed by atoms with E-state index < -0.39 is 11.2 Å². The number of benzene rings is 2. The highest BCUT2D eigenvalue weighted by atomic mass is 17.2. The second kappa shape index (κ2) is 7.80. The summed E-state index contributed by atoms with van der Waals surface area (Å²) in [5.41, 5.74) is -0.813. The normalized spacial score (nSPS) is 14.6. The molecule has 0 saturated carbocycles. The van der Waals surface area contributed by atoms with Gasteiger partial charge in [-0.05, 0) is 63.4 Å². The van der Waals surface area contributed by atoms with Crippen molar-refractivity contribution in [2.45, 2.75) is 64.8 Å². The van der Waals surface area contributed by atoms with E-state index in [1.807, 2.05) is 46.8 Å². The summed E-state index contributed by atoms with van der Waals surface area (Å²) in [5, 5.41) is 2.36. The average molecular weight is 354 g/mol. The van der Waals surface area contributed by atoms with Crippen LogP contribution >= 0.6 is 0 Å². The Balaban J connectivity index is 2.27. The third kappa shape index (κ3) is 5.08. The molecule has 3 heteroatoms. The Hall–Kier alpha value is -1.86. The summed E-state index contributed by atoms with van der Waals surface area (Å²) in [7, 11) is 1.68. The second-order valence-electron chi connectivity index (χ2n) is 7.84. The van der Waals surface area contributed by atoms with Crippen molar-refractivity contribution in [3.63, 3.8) is 0 Å². The van der Waals surface area contributed by atoms with Crippen molar-refractivity contribution in [2.75, 3.05) is 7.11 Å². The minimum atomic E-state index is -0.747. The van der Waals surface area contributed by atoms with Crippen LogP contribution < -0.4 is 0 Å². The summed E-state index contributed by atoms with van der Waals surface area (Å²) < 4.78 is 5.76. The first-order chi connectivity index (χ1) is 12.1. The lowest BCUT2D eigenvalue weighted by Crippen LogP contribution is -2.32. The predicted octanol–water partition coefficient (Wildman–Crippen LogP) is 5.62. The van der Waals surface area contributed by atoms with E-state index in [9.17, 15) is 0 Å². The lowest BCUT2D eigenvalue weighted by Gasteiger charge is -2.28. The molecule has 2 aromatic carbocycles. The zero-order valence-electron chi connectivity index (χ0n) is 17.0. The minimum Gasteiger partial charge on any atom is -0.362 e. The summed E-state index contributed by atoms with van der Waals surface area (Å²) in [4.78, 5) is 11.2. The van der Waals surface area contributed by atoms with E-state index in [1.54, 1.807) is 7.11 Å². The number of methoxy groups -OCH3 is 1. The van der Waals surface area contributed by atoms with Crippen molar-refractivity contribution in [1.82, 2.24) is 0 Å². The van der Waals surface area contributed by atoms with Gasteiger partial charge < -0.3 is 4.74 Å². The lowest BCUT2D eigenvalue weighted by atomic mass is 9.93. The van der Waals surface area contributed by atoms with Crippen LogP contribution in [0.1, 0.15) is 53.5 Å². The van der Waals surface area contributed by atoms with Gasteiger partial charge in [-0.3, -0.25) is 0 Å². The van der Waals surface area contributed by atoms with Crippen molar-refractivity contribution in [3.05, 3.63) is 48.0 Å². The van der Waals surface area contributed by atoms with E-state index in [2.05, 4.69) is 49.1 Å². The van der Waals surface area contributed by atoms with Gasteiger partial charge in [0.05, 0.1) is 5.60 Å². The Morgan fingerprint density at radius 3 is 2.12 bits per heavy atom. The summed E-state index contributed by atoms with van der Waals surface area (Å²) in [6.45, 7) is 11.8. The summed E-state index contributed by atoms with van der Waals surface area (Å²) in [5.74, 6) is 6.42. The lowest BCUT2D eigenvalue weighted by molar-refractivity contribution is -0.388. The van der Waals surface area contributed by atoms with E-state index in [0.29, 0.717) is 0 Å². The highest BCUT2D eigenvalue weighted by molar-refractivity contribution is 5.83. The zero-order chi connectivity index (χ0) is 19.4. The van der Waals surface area contributed by atoms with Crippen molar-refractivity contribution in [2.24, 2.45) is 0 Å². The first kappa shape index (κ1) is 20.5. The number of rotatable bonds is 6. The molecule has 26 heavy (non-hydrogen) atoms. The van der Waals surface area contributed by atoms with Crippen molar-refractivity contribution in [3.8, 4) is 11.8 Å². The average Bonchev–Trinajstić information content (AvgIpc) is 2.64. The SMILES string of the molecule is CCC(C)(C)OOC(C)(C)C#CC(C)(OC)c1ccc2ccccc2c1. The van der Waals surface area contributed by atoms with Gasteiger partial charge in [-0.15, -0.1) is 0 Å². The molecule has 0 heterocycles. The molecule has 0 fully saturated rings. The maximum atomic E-state index is 5.76. The fourth-order valence-corrected chi connectivity index (χ4v) is 2.29.